The van der Waals surface area contributed by atoms with Crippen LogP contribution in [-0.4, -0.2) is 40.9 Å². The molecule has 1 aromatic carbocycles. The Labute approximate surface area is 126 Å². The molecule has 2 atom stereocenters. The molecule has 2 rings (SSSR count). The molecule has 1 heterocycles. The van der Waals surface area contributed by atoms with Crippen molar-refractivity contribution in [3.05, 3.63) is 35.9 Å². The van der Waals surface area contributed by atoms with E-state index in [4.69, 9.17) is 9.47 Å². The Morgan fingerprint density at radius 2 is 1.41 bits per heavy atom. The van der Waals surface area contributed by atoms with Gasteiger partial charge in [-0.15, -0.1) is 0 Å². The van der Waals surface area contributed by atoms with Crippen molar-refractivity contribution in [1.29, 1.82) is 0 Å². The zero-order valence-corrected chi connectivity index (χ0v) is 12.1. The normalized spacial score (nSPS) is 20.9. The fourth-order valence-electron chi connectivity index (χ4n) is 2.18. The van der Waals surface area contributed by atoms with Gasteiger partial charge in [0, 0.05) is 13.8 Å². The molecule has 1 fully saturated rings. The molecular formula is C15H15NO6. The first-order valence-corrected chi connectivity index (χ1v) is 6.63. The van der Waals surface area contributed by atoms with Gasteiger partial charge in [0.2, 0.25) is 12.2 Å². The number of ether oxygens (including phenoxy) is 2. The van der Waals surface area contributed by atoms with Crippen LogP contribution in [0.5, 0.6) is 0 Å². The number of carbonyl (C=O) groups excluding carboxylic acids is 4. The molecule has 0 aliphatic carbocycles. The Kier molecular flexibility index (Phi) is 4.55. The minimum atomic E-state index is -1.43. The topological polar surface area (TPSA) is 90.0 Å². The van der Waals surface area contributed by atoms with Gasteiger partial charge >= 0.3 is 11.9 Å². The standard InChI is InChI=1S/C15H15NO6/c1-9(17)21-12-13(22-10(2)18)15(20)16(14(12)19)8-11-6-4-3-5-7-11/h3-7,12-13H,8H2,1-2H3/t12-,13+. The summed E-state index contributed by atoms with van der Waals surface area (Å²) in [6.45, 7) is 2.25. The second kappa shape index (κ2) is 6.38. The number of esters is 2. The van der Waals surface area contributed by atoms with Gasteiger partial charge in [-0.1, -0.05) is 30.3 Å². The number of hydrogen-bond acceptors (Lipinski definition) is 6. The number of imide groups is 1. The maximum absolute atomic E-state index is 12.3. The molecule has 0 radical (unpaired) electrons. The van der Waals surface area contributed by atoms with Gasteiger partial charge in [-0.05, 0) is 5.56 Å². The number of rotatable bonds is 4. The van der Waals surface area contributed by atoms with Gasteiger partial charge in [-0.2, -0.15) is 0 Å². The molecule has 1 saturated heterocycles. The monoisotopic (exact) mass is 305 g/mol. The van der Waals surface area contributed by atoms with E-state index in [0.717, 1.165) is 24.3 Å². The van der Waals surface area contributed by atoms with Crippen molar-refractivity contribution in [2.24, 2.45) is 0 Å². The highest BCUT2D eigenvalue weighted by Crippen LogP contribution is 2.22. The molecule has 2 amide bonds. The summed E-state index contributed by atoms with van der Waals surface area (Å²) >= 11 is 0. The van der Waals surface area contributed by atoms with E-state index < -0.39 is 36.0 Å². The minimum Gasteiger partial charge on any atom is -0.448 e. The number of amides is 2. The predicted octanol–water partition coefficient (Wildman–Crippen LogP) is 0.419. The summed E-state index contributed by atoms with van der Waals surface area (Å²) in [5, 5.41) is 0. The third-order valence-electron chi connectivity index (χ3n) is 3.06. The quantitative estimate of drug-likeness (QED) is 0.591. The highest BCUT2D eigenvalue weighted by Gasteiger charge is 2.52. The molecule has 1 aliphatic rings. The molecule has 1 aromatic rings. The molecule has 116 valence electrons. The molecule has 0 N–H and O–H groups in total. The average Bonchev–Trinajstić information content (AvgIpc) is 2.65. The number of benzene rings is 1. The Bertz CT molecular complexity index is 578. The summed E-state index contributed by atoms with van der Waals surface area (Å²) in [4.78, 5) is 47.7. The number of carbonyl (C=O) groups is 4. The zero-order valence-electron chi connectivity index (χ0n) is 12.1. The summed E-state index contributed by atoms with van der Waals surface area (Å²) in [7, 11) is 0. The van der Waals surface area contributed by atoms with Gasteiger partial charge in [-0.25, -0.2) is 0 Å². The Hall–Kier alpha value is -2.70. The van der Waals surface area contributed by atoms with Crippen LogP contribution in [0.4, 0.5) is 0 Å². The van der Waals surface area contributed by atoms with Crippen LogP contribution in [0.2, 0.25) is 0 Å². The first-order valence-electron chi connectivity index (χ1n) is 6.63. The molecular weight excluding hydrogens is 290 g/mol. The molecule has 0 bridgehead atoms. The third kappa shape index (κ3) is 3.30. The van der Waals surface area contributed by atoms with E-state index in [1.54, 1.807) is 30.3 Å². The summed E-state index contributed by atoms with van der Waals surface area (Å²) in [6, 6.07) is 8.85. The van der Waals surface area contributed by atoms with E-state index in [2.05, 4.69) is 0 Å². The molecule has 0 aromatic heterocycles. The number of likely N-dealkylation sites (tertiary alicyclic amines) is 1. The van der Waals surface area contributed by atoms with Gasteiger partial charge in [0.25, 0.3) is 11.8 Å². The maximum atomic E-state index is 12.3. The minimum absolute atomic E-state index is 0.0219. The molecule has 0 saturated carbocycles. The Balaban J connectivity index is 2.24. The van der Waals surface area contributed by atoms with Crippen molar-refractivity contribution >= 4 is 23.8 Å². The van der Waals surface area contributed by atoms with E-state index in [9.17, 15) is 19.2 Å². The van der Waals surface area contributed by atoms with E-state index in [1.807, 2.05) is 0 Å². The van der Waals surface area contributed by atoms with Crippen LogP contribution in [0.3, 0.4) is 0 Å². The van der Waals surface area contributed by atoms with Crippen molar-refractivity contribution in [2.45, 2.75) is 32.6 Å². The lowest BCUT2D eigenvalue weighted by molar-refractivity contribution is -0.167. The second-order valence-corrected chi connectivity index (χ2v) is 4.81. The van der Waals surface area contributed by atoms with Gasteiger partial charge in [0.15, 0.2) is 0 Å². The fourth-order valence-corrected chi connectivity index (χ4v) is 2.18. The molecule has 22 heavy (non-hydrogen) atoms. The zero-order chi connectivity index (χ0) is 16.3. The SMILES string of the molecule is CC(=O)O[C@@H]1C(=O)N(Cc2ccccc2)C(=O)[C@@H]1OC(C)=O. The third-order valence-corrected chi connectivity index (χ3v) is 3.06. The van der Waals surface area contributed by atoms with Crippen LogP contribution < -0.4 is 0 Å². The van der Waals surface area contributed by atoms with Crippen LogP contribution in [0.1, 0.15) is 19.4 Å². The van der Waals surface area contributed by atoms with Gasteiger partial charge in [-0.3, -0.25) is 24.1 Å². The van der Waals surface area contributed by atoms with Gasteiger partial charge in [0.05, 0.1) is 6.54 Å². The predicted molar refractivity (Wildman–Crippen MR) is 73.1 cm³/mol. The smallest absolute Gasteiger partial charge is 0.303 e. The van der Waals surface area contributed by atoms with Crippen LogP contribution in [0, 0.1) is 0 Å². The van der Waals surface area contributed by atoms with Crippen LogP contribution in [0.25, 0.3) is 0 Å². The Morgan fingerprint density at radius 3 is 1.82 bits per heavy atom. The first-order chi connectivity index (χ1) is 10.4. The van der Waals surface area contributed by atoms with E-state index in [0.29, 0.717) is 0 Å². The average molecular weight is 305 g/mol. The lowest BCUT2D eigenvalue weighted by atomic mass is 10.2. The van der Waals surface area contributed by atoms with Crippen molar-refractivity contribution in [3.63, 3.8) is 0 Å². The van der Waals surface area contributed by atoms with Crippen LogP contribution in [0.15, 0.2) is 30.3 Å². The molecule has 7 heteroatoms. The lowest BCUT2D eigenvalue weighted by Crippen LogP contribution is -2.36. The second-order valence-electron chi connectivity index (χ2n) is 4.81. The summed E-state index contributed by atoms with van der Waals surface area (Å²) in [5.41, 5.74) is 0.731. The fraction of sp³-hybridized carbons (Fsp3) is 0.333. The summed E-state index contributed by atoms with van der Waals surface area (Å²) in [6.07, 6.45) is -2.87. The van der Waals surface area contributed by atoms with Crippen molar-refractivity contribution in [2.75, 3.05) is 0 Å². The highest BCUT2D eigenvalue weighted by atomic mass is 16.6. The van der Waals surface area contributed by atoms with Crippen molar-refractivity contribution in [1.82, 2.24) is 4.90 Å². The molecule has 1 aliphatic heterocycles. The van der Waals surface area contributed by atoms with E-state index in [1.165, 1.54) is 0 Å². The maximum Gasteiger partial charge on any atom is 0.303 e. The lowest BCUT2D eigenvalue weighted by Gasteiger charge is -2.14. The highest BCUT2D eigenvalue weighted by molar-refractivity contribution is 6.09. The summed E-state index contributed by atoms with van der Waals surface area (Å²) < 4.78 is 9.69. The van der Waals surface area contributed by atoms with E-state index >= 15 is 0 Å². The van der Waals surface area contributed by atoms with Crippen LogP contribution in [-0.2, 0) is 35.2 Å². The van der Waals surface area contributed by atoms with Gasteiger partial charge in [0.1, 0.15) is 0 Å². The molecule has 0 unspecified atom stereocenters. The molecule has 7 nitrogen and oxygen atoms in total. The van der Waals surface area contributed by atoms with Crippen LogP contribution >= 0.6 is 0 Å². The largest absolute Gasteiger partial charge is 0.448 e. The van der Waals surface area contributed by atoms with Crippen molar-refractivity contribution < 1.29 is 28.7 Å². The summed E-state index contributed by atoms with van der Waals surface area (Å²) in [5.74, 6) is -2.86. The van der Waals surface area contributed by atoms with Gasteiger partial charge < -0.3 is 9.47 Å². The molecule has 0 spiro atoms. The Morgan fingerprint density at radius 1 is 0.955 bits per heavy atom. The first kappa shape index (κ1) is 15.7. The number of nitrogens with zero attached hydrogens (tertiary/aromatic N) is 1. The van der Waals surface area contributed by atoms with Crippen molar-refractivity contribution in [3.8, 4) is 0 Å². The van der Waals surface area contributed by atoms with E-state index in [-0.39, 0.29) is 6.54 Å². The number of hydrogen-bond donors (Lipinski definition) is 0.